The van der Waals surface area contributed by atoms with Crippen molar-refractivity contribution in [1.82, 2.24) is 0 Å². The van der Waals surface area contributed by atoms with Crippen molar-refractivity contribution in [3.8, 4) is 46.0 Å². The van der Waals surface area contributed by atoms with Gasteiger partial charge in [-0.25, -0.2) is 0 Å². The number of benzene rings is 4. The highest BCUT2D eigenvalue weighted by atomic mass is 16.6. The fourth-order valence-corrected chi connectivity index (χ4v) is 15.7. The average molecular weight is 1060 g/mol. The molecule has 5 fully saturated rings. The van der Waals surface area contributed by atoms with Crippen LogP contribution >= 0.6 is 0 Å². The Morgan fingerprint density at radius 1 is 0.286 bits per heavy atom. The summed E-state index contributed by atoms with van der Waals surface area (Å²) in [5, 5.41) is 0. The van der Waals surface area contributed by atoms with E-state index in [0.717, 1.165) is 71.7 Å². The van der Waals surface area contributed by atoms with Crippen molar-refractivity contribution in [2.75, 3.05) is 92.5 Å². The average Bonchev–Trinajstić information content (AvgIpc) is 3.71. The number of rotatable bonds is 0. The lowest BCUT2D eigenvalue weighted by Gasteiger charge is -2.60. The van der Waals surface area contributed by atoms with Crippen molar-refractivity contribution in [2.24, 2.45) is 47.3 Å². The van der Waals surface area contributed by atoms with Crippen LogP contribution in [0.2, 0.25) is 0 Å². The zero-order valence-corrected chi connectivity index (χ0v) is 45.7. The molecule has 5 aliphatic carbocycles. The smallest absolute Gasteiger partial charge is 0.161 e. The molecule has 4 aromatic carbocycles. The van der Waals surface area contributed by atoms with E-state index in [-0.39, 0.29) is 0 Å². The molecule has 12 nitrogen and oxygen atoms in total. The van der Waals surface area contributed by atoms with Crippen molar-refractivity contribution in [1.29, 1.82) is 0 Å². The van der Waals surface area contributed by atoms with E-state index >= 15 is 0 Å². The molecule has 4 aromatic rings. The van der Waals surface area contributed by atoms with Gasteiger partial charge in [-0.15, -0.1) is 0 Å². The Bertz CT molecular complexity index is 2430. The van der Waals surface area contributed by atoms with Crippen LogP contribution in [0.15, 0.2) is 97.1 Å². The molecule has 4 bridgehead atoms. The number of ether oxygens (including phenoxy) is 12. The second-order valence-corrected chi connectivity index (χ2v) is 22.9. The lowest BCUT2D eigenvalue weighted by Crippen LogP contribution is -2.60. The lowest BCUT2D eigenvalue weighted by atomic mass is 9.49. The molecule has 0 radical (unpaired) electrons. The molecule has 2 spiro atoms. The van der Waals surface area contributed by atoms with Gasteiger partial charge in [0.1, 0.15) is 39.6 Å². The van der Waals surface area contributed by atoms with Gasteiger partial charge < -0.3 is 56.8 Å². The van der Waals surface area contributed by atoms with E-state index < -0.39 is 11.2 Å². The number of para-hydroxylation sites is 8. The molecule has 7 aliphatic rings. The summed E-state index contributed by atoms with van der Waals surface area (Å²) in [5.41, 5.74) is -0.819. The summed E-state index contributed by atoms with van der Waals surface area (Å²) >= 11 is 0. The molecule has 2 aliphatic heterocycles. The lowest BCUT2D eigenvalue weighted by molar-refractivity contribution is -0.216. The van der Waals surface area contributed by atoms with Crippen molar-refractivity contribution in [2.45, 2.75) is 120 Å². The topological polar surface area (TPSA) is 111 Å². The summed E-state index contributed by atoms with van der Waals surface area (Å²) in [7, 11) is 0. The van der Waals surface area contributed by atoms with Crippen LogP contribution < -0.4 is 37.9 Å². The van der Waals surface area contributed by atoms with E-state index in [2.05, 4.69) is 0 Å². The molecule has 2 heterocycles. The van der Waals surface area contributed by atoms with Crippen molar-refractivity contribution < 1.29 is 56.8 Å². The Balaban J connectivity index is 0.937. The van der Waals surface area contributed by atoms with Gasteiger partial charge in [-0.05, 0) is 147 Å². The SMILES string of the molecule is c1ccc2c(c1)OCCOCCOc1ccccc1OCCC1(OCCO2)C2CCCCC[C@H](C2)C2CC[C@@H]3C4CCCCC(C4)[C@]4(CCOc5ccccc5OCCOCCOc5ccccc5OCCO4)[C@@H]3CC[C@@H]21. The summed E-state index contributed by atoms with van der Waals surface area (Å²) in [6, 6.07) is 32.1. The summed E-state index contributed by atoms with van der Waals surface area (Å²) in [6.07, 6.45) is 20.0. The van der Waals surface area contributed by atoms with Crippen LogP contribution in [-0.2, 0) is 18.9 Å². The van der Waals surface area contributed by atoms with Gasteiger partial charge in [-0.3, -0.25) is 0 Å². The van der Waals surface area contributed by atoms with Gasteiger partial charge in [0.25, 0.3) is 0 Å². The van der Waals surface area contributed by atoms with Crippen LogP contribution in [0, 0.1) is 47.3 Å². The normalized spacial score (nSPS) is 32.3. The fourth-order valence-electron chi connectivity index (χ4n) is 15.7. The van der Waals surface area contributed by atoms with E-state index in [4.69, 9.17) is 56.8 Å². The van der Waals surface area contributed by atoms with Gasteiger partial charge in [0.15, 0.2) is 46.0 Å². The van der Waals surface area contributed by atoms with Gasteiger partial charge in [0.2, 0.25) is 0 Å². The first-order chi connectivity index (χ1) is 38.2. The van der Waals surface area contributed by atoms with Crippen LogP contribution in [-0.4, -0.2) is 104 Å². The minimum absolute atomic E-state index is 0.343. The second kappa shape index (κ2) is 26.9. The largest absolute Gasteiger partial charge is 0.490 e. The summed E-state index contributed by atoms with van der Waals surface area (Å²) in [6.45, 7) is 6.29. The third-order valence-electron chi connectivity index (χ3n) is 18.9. The molecule has 12 heteroatoms. The molecular formula is C65H86O12. The van der Waals surface area contributed by atoms with E-state index in [9.17, 15) is 0 Å². The van der Waals surface area contributed by atoms with Crippen molar-refractivity contribution >= 4 is 0 Å². The van der Waals surface area contributed by atoms with Crippen LogP contribution in [0.4, 0.5) is 0 Å². The third-order valence-corrected chi connectivity index (χ3v) is 18.9. The number of hydrogen-bond acceptors (Lipinski definition) is 12. The zero-order chi connectivity index (χ0) is 52.0. The van der Waals surface area contributed by atoms with Crippen LogP contribution in [0.25, 0.3) is 0 Å². The third kappa shape index (κ3) is 12.9. The molecule has 0 N–H and O–H groups in total. The summed E-state index contributed by atoms with van der Waals surface area (Å²) in [4.78, 5) is 0. The molecule has 0 saturated heterocycles. The minimum Gasteiger partial charge on any atom is -0.490 e. The standard InChI is InChI=1S/C65H86O12/c1-2-14-48-46-50(16-3-1)64(30-32-68-56-18-6-8-20-58(56)70-38-34-66-36-40-72-60-22-10-12-24-62(60)74-42-44-76-64)54-28-29-55-53(27-26-52(48)54)49-15-4-5-17-51(47-49)65(55)31-33-69-57-19-7-9-21-59(57)71-39-35-67-37-41-73-61-23-11-13-25-63(61)75-43-45-77-65/h6-13,18-25,48-55H,1-5,14-17,26-47H2/t48-,49?,50?,51?,52?,53-,54+,55-,64?,65-/m1/s1. The Morgan fingerprint density at radius 3 is 0.948 bits per heavy atom. The molecule has 5 unspecified atom stereocenters. The van der Waals surface area contributed by atoms with E-state index in [1.165, 1.54) is 83.5 Å². The van der Waals surface area contributed by atoms with Gasteiger partial charge in [-0.1, -0.05) is 93.5 Å². The maximum Gasteiger partial charge on any atom is 0.161 e. The highest BCUT2D eigenvalue weighted by Gasteiger charge is 2.60. The maximum absolute atomic E-state index is 7.78. The highest BCUT2D eigenvalue weighted by molar-refractivity contribution is 5.42. The summed E-state index contributed by atoms with van der Waals surface area (Å²) in [5.74, 6) is 9.92. The molecule has 5 saturated carbocycles. The van der Waals surface area contributed by atoms with E-state index in [1.54, 1.807) is 0 Å². The van der Waals surface area contributed by atoms with Gasteiger partial charge in [0, 0.05) is 12.8 Å². The van der Waals surface area contributed by atoms with Crippen LogP contribution in [0.5, 0.6) is 46.0 Å². The van der Waals surface area contributed by atoms with E-state index in [0.29, 0.717) is 140 Å². The Hall–Kier alpha value is -4.88. The van der Waals surface area contributed by atoms with Gasteiger partial charge in [-0.2, -0.15) is 0 Å². The van der Waals surface area contributed by atoms with Crippen LogP contribution in [0.3, 0.4) is 0 Å². The van der Waals surface area contributed by atoms with E-state index in [1.807, 2.05) is 97.1 Å². The Kier molecular flexibility index (Phi) is 18.9. The quantitative estimate of drug-likeness (QED) is 0.167. The monoisotopic (exact) mass is 1060 g/mol. The molecule has 11 rings (SSSR count). The zero-order valence-electron chi connectivity index (χ0n) is 45.7. The number of fused-ring (bicyclic) bond motifs is 16. The first kappa shape index (κ1) is 54.1. The predicted octanol–water partition coefficient (Wildman–Crippen LogP) is 13.0. The molecule has 77 heavy (non-hydrogen) atoms. The van der Waals surface area contributed by atoms with Gasteiger partial charge >= 0.3 is 0 Å². The number of hydrogen-bond donors (Lipinski definition) is 0. The first-order valence-corrected chi connectivity index (χ1v) is 30.0. The first-order valence-electron chi connectivity index (χ1n) is 30.0. The predicted molar refractivity (Wildman–Crippen MR) is 295 cm³/mol. The minimum atomic E-state index is -0.412. The Morgan fingerprint density at radius 2 is 0.584 bits per heavy atom. The second-order valence-electron chi connectivity index (χ2n) is 22.9. The van der Waals surface area contributed by atoms with Crippen LogP contribution in [0.1, 0.15) is 109 Å². The molecule has 0 aromatic heterocycles. The molecular weight excluding hydrogens is 973 g/mol. The van der Waals surface area contributed by atoms with Gasteiger partial charge in [0.05, 0.1) is 64.1 Å². The fraction of sp³-hybridized carbons (Fsp3) is 0.631. The molecule has 418 valence electrons. The highest BCUT2D eigenvalue weighted by Crippen LogP contribution is 2.62. The molecule has 0 amide bonds. The van der Waals surface area contributed by atoms with Crippen molar-refractivity contribution in [3.05, 3.63) is 97.1 Å². The van der Waals surface area contributed by atoms with Crippen molar-refractivity contribution in [3.63, 3.8) is 0 Å². The summed E-state index contributed by atoms with van der Waals surface area (Å²) < 4.78 is 79.5. The maximum atomic E-state index is 7.78. The Labute approximate surface area is 458 Å². The molecule has 10 atom stereocenters.